The van der Waals surface area contributed by atoms with Crippen molar-refractivity contribution in [1.82, 2.24) is 0 Å². The van der Waals surface area contributed by atoms with Crippen LogP contribution in [-0.4, -0.2) is 57.8 Å². The second kappa shape index (κ2) is 6.66. The van der Waals surface area contributed by atoms with Gasteiger partial charge in [-0.05, 0) is 89.7 Å². The van der Waals surface area contributed by atoms with E-state index >= 15 is 0 Å². The molecule has 3 heterocycles. The molecule has 12 atom stereocenters. The maximum absolute atomic E-state index is 13.4. The monoisotopic (exact) mass is 484 g/mol. The van der Waals surface area contributed by atoms with Crippen LogP contribution in [0.1, 0.15) is 66.2 Å². The first-order valence-corrected chi connectivity index (χ1v) is 13.3. The van der Waals surface area contributed by atoms with Crippen LogP contribution in [0.2, 0.25) is 0 Å². The minimum absolute atomic E-state index is 0.0605. The number of hydrogen-bond donors (Lipinski definition) is 2. The summed E-state index contributed by atoms with van der Waals surface area (Å²) in [4.78, 5) is 25.9. The number of rotatable bonds is 1. The Hall–Kier alpha value is -1.54. The second-order valence-electron chi connectivity index (χ2n) is 12.8. The molecule has 0 bridgehead atoms. The predicted molar refractivity (Wildman–Crippen MR) is 124 cm³/mol. The van der Waals surface area contributed by atoms with Gasteiger partial charge in [0.05, 0.1) is 11.5 Å². The van der Waals surface area contributed by atoms with Crippen LogP contribution in [0.5, 0.6) is 0 Å². The number of ether oxygens (including phenoxy) is 3. The summed E-state index contributed by atoms with van der Waals surface area (Å²) in [6.45, 7) is 7.81. The number of aliphatic hydroxyl groups excluding tert-OH is 2. The SMILES string of the molecule is CC1=C(C)C(=O)O[C@@H]([C@]2(C)OC(O)[C@]34CC[C@H]5[C@@H](C[C@H]6O[C@]67[C@@H](O)C=CC(=O)[C@]57C)[C@@H]3CC[C@H]24)C1. The molecule has 7 nitrogen and oxygen atoms in total. The first-order valence-electron chi connectivity index (χ1n) is 13.3. The van der Waals surface area contributed by atoms with Gasteiger partial charge < -0.3 is 24.4 Å². The van der Waals surface area contributed by atoms with E-state index in [2.05, 4.69) is 0 Å². The summed E-state index contributed by atoms with van der Waals surface area (Å²) in [6.07, 6.45) is 5.76. The van der Waals surface area contributed by atoms with E-state index in [-0.39, 0.29) is 41.5 Å². The van der Waals surface area contributed by atoms with Gasteiger partial charge in [-0.1, -0.05) is 5.57 Å². The van der Waals surface area contributed by atoms with Gasteiger partial charge in [0.1, 0.15) is 23.4 Å². The first-order chi connectivity index (χ1) is 16.5. The normalized spacial score (nSPS) is 58.2. The van der Waals surface area contributed by atoms with Crippen molar-refractivity contribution in [2.75, 3.05) is 0 Å². The zero-order chi connectivity index (χ0) is 24.7. The largest absolute Gasteiger partial charge is 0.456 e. The molecule has 3 saturated carbocycles. The van der Waals surface area contributed by atoms with Gasteiger partial charge in [-0.2, -0.15) is 0 Å². The molecule has 1 unspecified atom stereocenters. The molecule has 0 aromatic rings. The molecule has 7 aliphatic rings. The Morgan fingerprint density at radius 2 is 1.77 bits per heavy atom. The molecular weight excluding hydrogens is 448 g/mol. The Kier molecular flexibility index (Phi) is 4.31. The van der Waals surface area contributed by atoms with Crippen molar-refractivity contribution in [3.8, 4) is 0 Å². The van der Waals surface area contributed by atoms with Crippen LogP contribution in [0, 0.1) is 34.5 Å². The molecule has 190 valence electrons. The molecule has 4 aliphatic carbocycles. The molecular formula is C28H36O7. The fraction of sp³-hybridized carbons (Fsp3) is 0.786. The summed E-state index contributed by atoms with van der Waals surface area (Å²) >= 11 is 0. The number of fused-ring (bicyclic) bond motifs is 3. The van der Waals surface area contributed by atoms with Crippen LogP contribution >= 0.6 is 0 Å². The molecule has 5 fully saturated rings. The number of cyclic esters (lactones) is 1. The van der Waals surface area contributed by atoms with E-state index in [1.54, 1.807) is 19.1 Å². The van der Waals surface area contributed by atoms with Crippen molar-refractivity contribution in [2.24, 2.45) is 34.5 Å². The number of aliphatic hydroxyl groups is 2. The number of carbonyl (C=O) groups is 2. The van der Waals surface area contributed by atoms with Crippen LogP contribution in [0.3, 0.4) is 0 Å². The third-order valence-corrected chi connectivity index (χ3v) is 12.1. The molecule has 2 saturated heterocycles. The number of carbonyl (C=O) groups excluding carboxylic acids is 2. The van der Waals surface area contributed by atoms with Crippen molar-refractivity contribution in [3.05, 3.63) is 23.3 Å². The van der Waals surface area contributed by atoms with E-state index in [1.165, 1.54) is 0 Å². The second-order valence-corrected chi connectivity index (χ2v) is 12.8. The molecule has 35 heavy (non-hydrogen) atoms. The number of hydrogen-bond acceptors (Lipinski definition) is 7. The molecule has 2 N–H and O–H groups in total. The van der Waals surface area contributed by atoms with Crippen LogP contribution in [0.25, 0.3) is 0 Å². The van der Waals surface area contributed by atoms with Crippen molar-refractivity contribution < 1.29 is 34.0 Å². The van der Waals surface area contributed by atoms with Gasteiger partial charge in [-0.25, -0.2) is 4.79 Å². The Morgan fingerprint density at radius 1 is 1.00 bits per heavy atom. The van der Waals surface area contributed by atoms with Crippen molar-refractivity contribution >= 4 is 11.8 Å². The lowest BCUT2D eigenvalue weighted by atomic mass is 9.44. The number of epoxide rings is 1. The smallest absolute Gasteiger partial charge is 0.334 e. The highest BCUT2D eigenvalue weighted by molar-refractivity contribution is 5.98. The molecule has 2 spiro atoms. The zero-order valence-electron chi connectivity index (χ0n) is 21.0. The summed E-state index contributed by atoms with van der Waals surface area (Å²) in [6, 6.07) is 0. The Morgan fingerprint density at radius 3 is 2.51 bits per heavy atom. The van der Waals surface area contributed by atoms with Gasteiger partial charge in [0, 0.05) is 23.3 Å². The number of allylic oxidation sites excluding steroid dienone is 1. The van der Waals surface area contributed by atoms with Gasteiger partial charge >= 0.3 is 5.97 Å². The van der Waals surface area contributed by atoms with Crippen LogP contribution in [0.15, 0.2) is 23.3 Å². The lowest BCUT2D eigenvalue weighted by Gasteiger charge is -2.57. The summed E-state index contributed by atoms with van der Waals surface area (Å²) in [5, 5.41) is 22.4. The Balaban J connectivity index is 1.25. The first kappa shape index (κ1) is 22.6. The van der Waals surface area contributed by atoms with E-state index in [1.807, 2.05) is 20.8 Å². The highest BCUT2D eigenvalue weighted by Gasteiger charge is 2.82. The molecule has 3 aliphatic heterocycles. The van der Waals surface area contributed by atoms with Crippen molar-refractivity contribution in [3.63, 3.8) is 0 Å². The predicted octanol–water partition coefficient (Wildman–Crippen LogP) is 2.83. The van der Waals surface area contributed by atoms with E-state index in [0.717, 1.165) is 37.7 Å². The summed E-state index contributed by atoms with van der Waals surface area (Å²) in [7, 11) is 0. The molecule has 0 radical (unpaired) electrons. The Bertz CT molecular complexity index is 1090. The number of esters is 1. The van der Waals surface area contributed by atoms with Crippen molar-refractivity contribution in [1.29, 1.82) is 0 Å². The average Bonchev–Trinajstić information content (AvgIpc) is 3.34. The number of ketones is 1. The standard InChI is InChI=1S/C28H36O7/c1-13-11-21(33-23(31)14(13)2)26(4)18-6-5-17-15-12-22-28(34-22)20(30)8-7-19(29)25(28,3)16(15)9-10-27(17,18)24(32)35-26/h7-8,15-18,20-22,24,30,32H,5-6,9-12H2,1-4H3/t15-,16+,17+,18-,20+,21-,22-,24?,25+,26-,27-,28-/m1/s1. The third kappa shape index (κ3) is 2.34. The van der Waals surface area contributed by atoms with Gasteiger partial charge in [0.15, 0.2) is 12.1 Å². The highest BCUT2D eigenvalue weighted by Crippen LogP contribution is 2.75. The summed E-state index contributed by atoms with van der Waals surface area (Å²) < 4.78 is 18.6. The zero-order valence-corrected chi connectivity index (χ0v) is 21.0. The fourth-order valence-electron chi connectivity index (χ4n) is 10.1. The molecule has 7 rings (SSSR count). The summed E-state index contributed by atoms with van der Waals surface area (Å²) in [5.74, 6) is 0.373. The molecule has 0 aromatic heterocycles. The van der Waals surface area contributed by atoms with Gasteiger partial charge in [0.25, 0.3) is 0 Å². The van der Waals surface area contributed by atoms with Crippen LogP contribution in [-0.2, 0) is 23.8 Å². The average molecular weight is 485 g/mol. The fourth-order valence-corrected chi connectivity index (χ4v) is 10.1. The summed E-state index contributed by atoms with van der Waals surface area (Å²) in [5.41, 5.74) is -1.02. The van der Waals surface area contributed by atoms with Gasteiger partial charge in [0.2, 0.25) is 0 Å². The van der Waals surface area contributed by atoms with E-state index in [0.29, 0.717) is 12.0 Å². The van der Waals surface area contributed by atoms with Gasteiger partial charge in [-0.3, -0.25) is 4.79 Å². The van der Waals surface area contributed by atoms with E-state index in [4.69, 9.17) is 14.2 Å². The lowest BCUT2D eigenvalue weighted by molar-refractivity contribution is -0.218. The highest BCUT2D eigenvalue weighted by atomic mass is 16.7. The quantitative estimate of drug-likeness (QED) is 0.436. The molecule has 7 heteroatoms. The minimum atomic E-state index is -0.927. The van der Waals surface area contributed by atoms with E-state index < -0.39 is 40.5 Å². The topological polar surface area (TPSA) is 106 Å². The van der Waals surface area contributed by atoms with Crippen LogP contribution < -0.4 is 0 Å². The maximum Gasteiger partial charge on any atom is 0.334 e. The van der Waals surface area contributed by atoms with Gasteiger partial charge in [-0.15, -0.1) is 0 Å². The Labute approximate surface area is 205 Å². The maximum atomic E-state index is 13.4. The van der Waals surface area contributed by atoms with Crippen LogP contribution in [0.4, 0.5) is 0 Å². The minimum Gasteiger partial charge on any atom is -0.456 e. The van der Waals surface area contributed by atoms with Crippen molar-refractivity contribution in [2.45, 2.75) is 102 Å². The molecule has 0 aromatic carbocycles. The third-order valence-electron chi connectivity index (χ3n) is 12.1. The lowest BCUT2D eigenvalue weighted by Crippen LogP contribution is -2.64. The molecule has 0 amide bonds. The van der Waals surface area contributed by atoms with E-state index in [9.17, 15) is 19.8 Å².